The van der Waals surface area contributed by atoms with Crippen LogP contribution in [0.1, 0.15) is 0 Å². The van der Waals surface area contributed by atoms with Gasteiger partial charge >= 0.3 is 8.41 Å². The summed E-state index contributed by atoms with van der Waals surface area (Å²) >= 11 is 0. The van der Waals surface area contributed by atoms with Crippen LogP contribution in [0.2, 0.25) is 0 Å². The zero-order valence-corrected chi connectivity index (χ0v) is 2.38. The molecule has 0 aliphatic heterocycles. The average molecular weight is 69.6 g/mol. The summed E-state index contributed by atoms with van der Waals surface area (Å²) in [4.78, 5) is 0. The zero-order chi connectivity index (χ0) is 3.58. The van der Waals surface area contributed by atoms with Crippen molar-refractivity contribution in [3.63, 3.8) is 0 Å². The fourth-order valence-corrected chi connectivity index (χ4v) is 0. The van der Waals surface area contributed by atoms with Gasteiger partial charge in [-0.25, -0.2) is 0 Å². The summed E-state index contributed by atoms with van der Waals surface area (Å²) in [5.41, 5.74) is 0. The minimum atomic E-state index is -2.92. The van der Waals surface area contributed by atoms with Crippen LogP contribution in [0.5, 0.6) is 0 Å². The van der Waals surface area contributed by atoms with Crippen molar-refractivity contribution in [2.75, 3.05) is 0 Å². The van der Waals surface area contributed by atoms with Gasteiger partial charge in [0.1, 0.15) is 0 Å². The predicted molar refractivity (Wildman–Crippen MR) is 11.5 cm³/mol. The molecule has 0 fully saturated rings. The van der Waals surface area contributed by atoms with Crippen molar-refractivity contribution < 1.29 is 15.1 Å². The van der Waals surface area contributed by atoms with Crippen LogP contribution >= 0.6 is 0 Å². The monoisotopic (exact) mass is 70.0 g/mol. The molecule has 24 valence electrons. The first-order valence-corrected chi connectivity index (χ1v) is 0.707. The Morgan fingerprint density at radius 2 is 1.00 bits per heavy atom. The van der Waals surface area contributed by atoms with E-state index in [2.05, 4.69) is 0 Å². The number of hydrogen-bond acceptors (Lipinski definition) is 3. The van der Waals surface area contributed by atoms with E-state index in [0.29, 0.717) is 0 Å². The first-order valence-electron chi connectivity index (χ1n) is 0.707. The van der Waals surface area contributed by atoms with Crippen LogP contribution in [0, 0.1) is 0 Å². The molecule has 0 atom stereocenters. The van der Waals surface area contributed by atoms with Crippen molar-refractivity contribution in [1.82, 2.24) is 0 Å². The molecule has 0 saturated heterocycles. The fraction of sp³-hybridized carbons (Fsp3) is 0. The van der Waals surface area contributed by atoms with Crippen LogP contribution in [-0.4, -0.2) is 15.7 Å². The van der Waals surface area contributed by atoms with E-state index in [9.17, 15) is 0 Å². The third kappa shape index (κ3) is 166000. The van der Waals surface area contributed by atoms with Gasteiger partial charge in [0.05, 0.1) is 0 Å². The average Bonchev–Trinajstić information content (AvgIpc) is 0.811. The molecule has 0 rings (SSSR count). The Morgan fingerprint density at radius 1 is 1.00 bits per heavy atom. The second-order valence-corrected chi connectivity index (χ2v) is 0.289. The molecular formula is B2O3. The molecule has 0 aliphatic carbocycles. The van der Waals surface area contributed by atoms with Gasteiger partial charge in [-0.2, -0.15) is 0 Å². The van der Waals surface area contributed by atoms with Gasteiger partial charge in [0.2, 0.25) is 0 Å². The molecule has 0 aromatic rings. The summed E-state index contributed by atoms with van der Waals surface area (Å²) in [5.74, 6) is 0. The summed E-state index contributed by atoms with van der Waals surface area (Å²) in [6.07, 6.45) is 0. The molecule has 5 heteroatoms. The molecule has 5 heavy (non-hydrogen) atoms. The topological polar surface area (TPSA) is 69.2 Å². The molecule has 0 aromatic carbocycles. The Bertz CT molecular complexity index is 9.61. The molecule has 0 N–H and O–H groups in total. The fourth-order valence-electron chi connectivity index (χ4n) is 0. The SMILES string of the molecule is [B+3].[O-]B([O-])[O-]. The van der Waals surface area contributed by atoms with E-state index in [4.69, 9.17) is 15.1 Å². The molecule has 0 heterocycles. The van der Waals surface area contributed by atoms with E-state index < -0.39 is 7.32 Å². The molecule has 0 radical (unpaired) electrons. The van der Waals surface area contributed by atoms with Gasteiger partial charge < -0.3 is 15.1 Å². The van der Waals surface area contributed by atoms with Crippen LogP contribution in [0.15, 0.2) is 0 Å². The standard InChI is InChI=1S/BO3.B/c2-1(3)4;/q-3;+3. The minimum Gasteiger partial charge on any atom is -0.907 e. The Hall–Kier alpha value is 0.00987. The Labute approximate surface area is 32.0 Å². The van der Waals surface area contributed by atoms with E-state index in [1.165, 1.54) is 0 Å². The van der Waals surface area contributed by atoms with E-state index >= 15 is 0 Å². The van der Waals surface area contributed by atoms with Crippen LogP contribution in [0.3, 0.4) is 0 Å². The molecule has 0 aliphatic rings. The van der Waals surface area contributed by atoms with Crippen molar-refractivity contribution in [3.8, 4) is 0 Å². The molecule has 0 aromatic heterocycles. The molecule has 0 saturated carbocycles. The summed E-state index contributed by atoms with van der Waals surface area (Å²) in [7, 11) is -2.92. The molecule has 0 unspecified atom stereocenters. The van der Waals surface area contributed by atoms with Crippen molar-refractivity contribution >= 4 is 15.7 Å². The van der Waals surface area contributed by atoms with Gasteiger partial charge in [0.25, 0.3) is 0 Å². The smallest absolute Gasteiger partial charge is 0.907 e. The van der Waals surface area contributed by atoms with Gasteiger partial charge in [-0.15, -0.1) is 0 Å². The van der Waals surface area contributed by atoms with Crippen molar-refractivity contribution in [1.29, 1.82) is 0 Å². The van der Waals surface area contributed by atoms with E-state index in [1.807, 2.05) is 0 Å². The first-order chi connectivity index (χ1) is 1.73. The normalized spacial score (nSPS) is 5.40. The third-order valence-electron chi connectivity index (χ3n) is 0. The summed E-state index contributed by atoms with van der Waals surface area (Å²) < 4.78 is 0. The van der Waals surface area contributed by atoms with Gasteiger partial charge in [0.15, 0.2) is 0 Å². The number of hydrogen-bond donors (Lipinski definition) is 0. The quantitative estimate of drug-likeness (QED) is 0.270. The maximum atomic E-state index is 8.42. The summed E-state index contributed by atoms with van der Waals surface area (Å²) in [6.45, 7) is 0. The van der Waals surface area contributed by atoms with Gasteiger partial charge in [-0.05, 0) is 0 Å². The van der Waals surface area contributed by atoms with Gasteiger partial charge in [0, 0.05) is 0 Å². The van der Waals surface area contributed by atoms with Crippen molar-refractivity contribution in [2.24, 2.45) is 0 Å². The van der Waals surface area contributed by atoms with Gasteiger partial charge in [-0.3, -0.25) is 7.32 Å². The molecular weight excluding hydrogens is 69.6 g/mol. The second-order valence-electron chi connectivity index (χ2n) is 0.289. The van der Waals surface area contributed by atoms with Crippen molar-refractivity contribution in [3.05, 3.63) is 0 Å². The maximum absolute atomic E-state index is 8.42. The Balaban J connectivity index is 0. The zero-order valence-electron chi connectivity index (χ0n) is 2.38. The second kappa shape index (κ2) is 4.01. The maximum Gasteiger partial charge on any atom is 3.00 e. The van der Waals surface area contributed by atoms with Crippen LogP contribution < -0.4 is 15.1 Å². The molecule has 0 amide bonds. The third-order valence-corrected chi connectivity index (χ3v) is 0. The largest absolute Gasteiger partial charge is 3.00 e. The van der Waals surface area contributed by atoms with Gasteiger partial charge in [-0.1, -0.05) is 0 Å². The van der Waals surface area contributed by atoms with Crippen LogP contribution in [0.25, 0.3) is 0 Å². The van der Waals surface area contributed by atoms with Crippen LogP contribution in [0.4, 0.5) is 0 Å². The van der Waals surface area contributed by atoms with Crippen LogP contribution in [-0.2, 0) is 0 Å². The Morgan fingerprint density at radius 3 is 1.00 bits per heavy atom. The van der Waals surface area contributed by atoms with E-state index in [-0.39, 0.29) is 8.41 Å². The first kappa shape index (κ1) is 8.89. The summed E-state index contributed by atoms with van der Waals surface area (Å²) in [6, 6.07) is 0. The molecule has 0 bridgehead atoms. The predicted octanol–water partition coefficient (Wildman–Crippen LogP) is -4.33. The Kier molecular flexibility index (Phi) is 7.13. The van der Waals surface area contributed by atoms with E-state index in [0.717, 1.165) is 0 Å². The van der Waals surface area contributed by atoms with E-state index in [1.54, 1.807) is 0 Å². The minimum absolute atomic E-state index is 0. The molecule has 3 nitrogen and oxygen atoms in total. The van der Waals surface area contributed by atoms with Crippen molar-refractivity contribution in [2.45, 2.75) is 0 Å². The molecule has 0 spiro atoms. The number of rotatable bonds is 0. The summed E-state index contributed by atoms with van der Waals surface area (Å²) in [5, 5.41) is 25.2.